The first-order valence-corrected chi connectivity index (χ1v) is 7.58. The van der Waals surface area contributed by atoms with Crippen LogP contribution in [0.5, 0.6) is 0 Å². The summed E-state index contributed by atoms with van der Waals surface area (Å²) in [4.78, 5) is 0. The first-order valence-electron chi connectivity index (χ1n) is 6.33. The predicted molar refractivity (Wildman–Crippen MR) is 68.9 cm³/mol. The number of alkyl halides is 12. The van der Waals surface area contributed by atoms with E-state index in [4.69, 9.17) is 0 Å². The van der Waals surface area contributed by atoms with Gasteiger partial charge in [0.1, 0.15) is 0 Å². The second-order valence-corrected chi connectivity index (χ2v) is 6.62. The van der Waals surface area contributed by atoms with Gasteiger partial charge in [-0.2, -0.15) is 43.9 Å². The standard InChI is InChI=1S/C11H12F11IO/c1-2-3-4-6(23)5-7(12,9(15,16)17)24-11(21,22)8(13,14)10(18,19)20/h6H,2-5H2,1H3/t6-,7+/m1/s1. The van der Waals surface area contributed by atoms with E-state index in [2.05, 4.69) is 4.74 Å². The van der Waals surface area contributed by atoms with Gasteiger partial charge in [-0.1, -0.05) is 42.4 Å². The molecule has 2 atom stereocenters. The normalized spacial score (nSPS) is 18.4. The summed E-state index contributed by atoms with van der Waals surface area (Å²) in [5, 5.41) is 0. The monoisotopic (exact) mass is 496 g/mol. The molecule has 0 aliphatic carbocycles. The van der Waals surface area contributed by atoms with Crippen molar-refractivity contribution in [1.82, 2.24) is 0 Å². The van der Waals surface area contributed by atoms with Gasteiger partial charge in [-0.25, -0.2) is 4.39 Å². The van der Waals surface area contributed by atoms with E-state index in [1.54, 1.807) is 6.92 Å². The van der Waals surface area contributed by atoms with Gasteiger partial charge in [-0.15, -0.1) is 0 Å². The van der Waals surface area contributed by atoms with Gasteiger partial charge < -0.3 is 0 Å². The molecule has 0 aromatic rings. The molecule has 0 fully saturated rings. The predicted octanol–water partition coefficient (Wildman–Crippen LogP) is 6.41. The van der Waals surface area contributed by atoms with E-state index in [0.717, 1.165) is 0 Å². The molecule has 24 heavy (non-hydrogen) atoms. The van der Waals surface area contributed by atoms with Crippen molar-refractivity contribution >= 4 is 22.6 Å². The third kappa shape index (κ3) is 5.46. The zero-order chi connectivity index (χ0) is 19.6. The van der Waals surface area contributed by atoms with Crippen LogP contribution in [-0.2, 0) is 4.74 Å². The molecule has 0 bridgehead atoms. The molecule has 0 N–H and O–H groups in total. The van der Waals surface area contributed by atoms with Crippen LogP contribution in [0.25, 0.3) is 0 Å². The van der Waals surface area contributed by atoms with E-state index in [0.29, 0.717) is 6.42 Å². The van der Waals surface area contributed by atoms with E-state index in [1.807, 2.05) is 0 Å². The Morgan fingerprint density at radius 1 is 0.833 bits per heavy atom. The van der Waals surface area contributed by atoms with Gasteiger partial charge in [0.2, 0.25) is 0 Å². The van der Waals surface area contributed by atoms with Crippen molar-refractivity contribution in [2.24, 2.45) is 0 Å². The van der Waals surface area contributed by atoms with Crippen molar-refractivity contribution in [3.63, 3.8) is 0 Å². The second kappa shape index (κ2) is 7.66. The van der Waals surface area contributed by atoms with Gasteiger partial charge >= 0.3 is 30.2 Å². The van der Waals surface area contributed by atoms with E-state index >= 15 is 0 Å². The molecule has 146 valence electrons. The highest BCUT2D eigenvalue weighted by Gasteiger charge is 2.78. The van der Waals surface area contributed by atoms with Gasteiger partial charge in [0, 0.05) is 10.3 Å². The Kier molecular flexibility index (Phi) is 7.63. The average Bonchev–Trinajstić information content (AvgIpc) is 2.32. The lowest BCUT2D eigenvalue weighted by atomic mass is 10.1. The summed E-state index contributed by atoms with van der Waals surface area (Å²) in [6.45, 7) is 1.62. The zero-order valence-electron chi connectivity index (χ0n) is 11.8. The molecule has 0 saturated carbocycles. The Hall–Kier alpha value is -0.0800. The lowest BCUT2D eigenvalue weighted by Gasteiger charge is -2.35. The van der Waals surface area contributed by atoms with Crippen molar-refractivity contribution < 1.29 is 53.0 Å². The highest BCUT2D eigenvalue weighted by atomic mass is 127. The summed E-state index contributed by atoms with van der Waals surface area (Å²) in [5.74, 6) is -12.4. The van der Waals surface area contributed by atoms with Crippen LogP contribution in [-0.4, -0.2) is 34.2 Å². The Morgan fingerprint density at radius 2 is 1.29 bits per heavy atom. The van der Waals surface area contributed by atoms with Crippen LogP contribution in [0.1, 0.15) is 32.6 Å². The number of hydrogen-bond acceptors (Lipinski definition) is 1. The van der Waals surface area contributed by atoms with Crippen molar-refractivity contribution in [3.8, 4) is 0 Å². The van der Waals surface area contributed by atoms with Crippen LogP contribution in [0.2, 0.25) is 0 Å². The number of halogens is 12. The maximum atomic E-state index is 13.9. The maximum Gasteiger partial charge on any atom is 0.462 e. The lowest BCUT2D eigenvalue weighted by molar-refractivity contribution is -0.483. The summed E-state index contributed by atoms with van der Waals surface area (Å²) in [6.07, 6.45) is -21.2. The Balaban J connectivity index is 5.57. The Labute approximate surface area is 143 Å². The third-order valence-electron chi connectivity index (χ3n) is 2.79. The molecule has 0 aromatic carbocycles. The Bertz CT molecular complexity index is 406. The van der Waals surface area contributed by atoms with Gasteiger partial charge in [0.25, 0.3) is 0 Å². The molecular formula is C11H12F11IO. The molecule has 13 heteroatoms. The van der Waals surface area contributed by atoms with E-state index in [-0.39, 0.29) is 12.8 Å². The maximum absolute atomic E-state index is 13.9. The minimum absolute atomic E-state index is 0.108. The second-order valence-electron chi connectivity index (χ2n) is 4.86. The lowest BCUT2D eigenvalue weighted by Crippen LogP contribution is -2.59. The zero-order valence-corrected chi connectivity index (χ0v) is 14.0. The fourth-order valence-corrected chi connectivity index (χ4v) is 2.47. The number of hydrogen-bond donors (Lipinski definition) is 0. The summed E-state index contributed by atoms with van der Waals surface area (Å²) >= 11 is 1.24. The fourth-order valence-electron chi connectivity index (χ4n) is 1.46. The van der Waals surface area contributed by atoms with Crippen LogP contribution in [0, 0.1) is 0 Å². The summed E-state index contributed by atoms with van der Waals surface area (Å²) in [7, 11) is 0. The SMILES string of the molecule is CCCC[C@@H](I)C[C@](F)(OC(F)(F)C(F)(F)C(F)(F)F)C(F)(F)F. The summed E-state index contributed by atoms with van der Waals surface area (Å²) in [5.41, 5.74) is 0. The molecule has 0 amide bonds. The molecule has 0 saturated heterocycles. The van der Waals surface area contributed by atoms with Gasteiger partial charge in [-0.3, -0.25) is 4.74 Å². The van der Waals surface area contributed by atoms with Crippen molar-refractivity contribution in [1.29, 1.82) is 0 Å². The van der Waals surface area contributed by atoms with Crippen LogP contribution in [0.3, 0.4) is 0 Å². The molecule has 0 rings (SSSR count). The molecule has 0 aliphatic heterocycles. The quantitative estimate of drug-likeness (QED) is 0.215. The van der Waals surface area contributed by atoms with Crippen LogP contribution in [0.4, 0.5) is 48.3 Å². The molecule has 0 spiro atoms. The average molecular weight is 496 g/mol. The molecule has 0 aliphatic rings. The number of ether oxygens (including phenoxy) is 1. The van der Waals surface area contributed by atoms with Gasteiger partial charge in [0.05, 0.1) is 0 Å². The van der Waals surface area contributed by atoms with Crippen LogP contribution in [0.15, 0.2) is 0 Å². The fraction of sp³-hybridized carbons (Fsp3) is 1.00. The molecule has 1 nitrogen and oxygen atoms in total. The van der Waals surface area contributed by atoms with Crippen molar-refractivity contribution in [2.75, 3.05) is 0 Å². The highest BCUT2D eigenvalue weighted by molar-refractivity contribution is 14.1. The first kappa shape index (κ1) is 23.9. The third-order valence-corrected chi connectivity index (χ3v) is 3.85. The van der Waals surface area contributed by atoms with E-state index < -0.39 is 40.6 Å². The van der Waals surface area contributed by atoms with Crippen LogP contribution >= 0.6 is 22.6 Å². The minimum Gasteiger partial charge on any atom is -0.269 e. The number of unbranched alkanes of at least 4 members (excludes halogenated alkanes) is 1. The highest BCUT2D eigenvalue weighted by Crippen LogP contribution is 2.52. The summed E-state index contributed by atoms with van der Waals surface area (Å²) in [6, 6.07) is 0. The smallest absolute Gasteiger partial charge is 0.269 e. The molecule has 0 unspecified atom stereocenters. The van der Waals surface area contributed by atoms with Gasteiger partial charge in [-0.05, 0) is 6.42 Å². The minimum atomic E-state index is -7.01. The van der Waals surface area contributed by atoms with E-state index in [9.17, 15) is 48.3 Å². The van der Waals surface area contributed by atoms with Crippen LogP contribution < -0.4 is 0 Å². The molecule has 0 radical (unpaired) electrons. The first-order chi connectivity index (χ1) is 10.4. The number of rotatable bonds is 8. The van der Waals surface area contributed by atoms with Gasteiger partial charge in [0.15, 0.2) is 0 Å². The largest absolute Gasteiger partial charge is 0.462 e. The summed E-state index contributed by atoms with van der Waals surface area (Å²) < 4.78 is 140. The molecule has 0 heterocycles. The van der Waals surface area contributed by atoms with E-state index in [1.165, 1.54) is 22.6 Å². The molecular weight excluding hydrogens is 484 g/mol. The topological polar surface area (TPSA) is 9.23 Å². The Morgan fingerprint density at radius 3 is 1.62 bits per heavy atom. The van der Waals surface area contributed by atoms with Crippen molar-refractivity contribution in [2.45, 2.75) is 66.8 Å². The molecule has 0 aromatic heterocycles. The van der Waals surface area contributed by atoms with Crippen molar-refractivity contribution in [3.05, 3.63) is 0 Å².